The van der Waals surface area contributed by atoms with Crippen LogP contribution >= 0.6 is 0 Å². The molecule has 5 nitrogen and oxygen atoms in total. The molecule has 0 spiro atoms. The highest BCUT2D eigenvalue weighted by Crippen LogP contribution is 2.42. The zero-order chi connectivity index (χ0) is 11.9. The van der Waals surface area contributed by atoms with E-state index >= 15 is 0 Å². The highest BCUT2D eigenvalue weighted by Gasteiger charge is 2.34. The fraction of sp³-hybridized carbons (Fsp3) is 0.400. The highest BCUT2D eigenvalue weighted by molar-refractivity contribution is 7.86. The molecule has 4 N–H and O–H groups in total. The van der Waals surface area contributed by atoms with E-state index in [1.165, 1.54) is 6.07 Å². The quantitative estimate of drug-likeness (QED) is 0.641. The zero-order valence-corrected chi connectivity index (χ0v) is 9.31. The molecular formula is C10H13NO4S. The van der Waals surface area contributed by atoms with Crippen molar-refractivity contribution in [2.75, 3.05) is 0 Å². The molecule has 16 heavy (non-hydrogen) atoms. The van der Waals surface area contributed by atoms with Crippen molar-refractivity contribution in [3.05, 3.63) is 29.3 Å². The third-order valence-electron chi connectivity index (χ3n) is 2.93. The van der Waals surface area contributed by atoms with E-state index in [0.29, 0.717) is 17.5 Å². The lowest BCUT2D eigenvalue weighted by molar-refractivity contribution is 0.428. The SMILES string of the molecule is NC1CCC(S(=O)(=O)O)c2cccc(O)c21. The second-order valence-corrected chi connectivity index (χ2v) is 5.57. The molecule has 0 fully saturated rings. The zero-order valence-electron chi connectivity index (χ0n) is 8.50. The molecule has 0 amide bonds. The molecule has 0 saturated carbocycles. The van der Waals surface area contributed by atoms with Crippen molar-refractivity contribution >= 4 is 10.1 Å². The van der Waals surface area contributed by atoms with Gasteiger partial charge in [0.15, 0.2) is 0 Å². The Morgan fingerprint density at radius 2 is 2.00 bits per heavy atom. The molecule has 0 aliphatic heterocycles. The lowest BCUT2D eigenvalue weighted by Gasteiger charge is -2.28. The first-order valence-corrected chi connectivity index (χ1v) is 6.45. The molecule has 0 radical (unpaired) electrons. The van der Waals surface area contributed by atoms with E-state index in [4.69, 9.17) is 10.3 Å². The van der Waals surface area contributed by atoms with Crippen molar-refractivity contribution < 1.29 is 18.1 Å². The minimum absolute atomic E-state index is 0.0154. The predicted octanol–water partition coefficient (Wildman–Crippen LogP) is 1.11. The van der Waals surface area contributed by atoms with Gasteiger partial charge in [-0.1, -0.05) is 12.1 Å². The molecule has 2 atom stereocenters. The largest absolute Gasteiger partial charge is 0.508 e. The molecule has 2 unspecified atom stereocenters. The van der Waals surface area contributed by atoms with Crippen LogP contribution in [0.25, 0.3) is 0 Å². The van der Waals surface area contributed by atoms with Crippen LogP contribution in [0, 0.1) is 0 Å². The maximum atomic E-state index is 11.2. The van der Waals surface area contributed by atoms with Crippen molar-refractivity contribution in [3.63, 3.8) is 0 Å². The second-order valence-electron chi connectivity index (χ2n) is 3.97. The number of phenols is 1. The molecule has 1 aromatic carbocycles. The van der Waals surface area contributed by atoms with Crippen molar-refractivity contribution in [2.45, 2.75) is 24.1 Å². The van der Waals surface area contributed by atoms with Gasteiger partial charge >= 0.3 is 0 Å². The second kappa shape index (κ2) is 3.73. The number of phenolic OH excluding ortho intramolecular Hbond substituents is 1. The fourth-order valence-electron chi connectivity index (χ4n) is 2.20. The van der Waals surface area contributed by atoms with Crippen LogP contribution < -0.4 is 5.73 Å². The number of benzene rings is 1. The summed E-state index contributed by atoms with van der Waals surface area (Å²) in [5.41, 5.74) is 6.65. The summed E-state index contributed by atoms with van der Waals surface area (Å²) in [5, 5.41) is 8.68. The van der Waals surface area contributed by atoms with Gasteiger partial charge < -0.3 is 10.8 Å². The predicted molar refractivity (Wildman–Crippen MR) is 58.6 cm³/mol. The minimum atomic E-state index is -4.15. The van der Waals surface area contributed by atoms with Crippen LogP contribution in [0.2, 0.25) is 0 Å². The van der Waals surface area contributed by atoms with Gasteiger partial charge in [-0.25, -0.2) is 0 Å². The average Bonchev–Trinajstić information content (AvgIpc) is 2.16. The lowest BCUT2D eigenvalue weighted by Crippen LogP contribution is -2.24. The first kappa shape index (κ1) is 11.4. The summed E-state index contributed by atoms with van der Waals surface area (Å²) >= 11 is 0. The molecule has 0 saturated heterocycles. The first-order chi connectivity index (χ1) is 7.41. The summed E-state index contributed by atoms with van der Waals surface area (Å²) < 4.78 is 31.5. The first-order valence-electron chi connectivity index (χ1n) is 4.95. The summed E-state index contributed by atoms with van der Waals surface area (Å²) in [5.74, 6) is -0.0154. The van der Waals surface area contributed by atoms with Crippen LogP contribution in [0.3, 0.4) is 0 Å². The smallest absolute Gasteiger partial charge is 0.272 e. The molecule has 0 aromatic heterocycles. The lowest BCUT2D eigenvalue weighted by atomic mass is 9.87. The molecular weight excluding hydrogens is 230 g/mol. The Kier molecular flexibility index (Phi) is 2.65. The molecule has 6 heteroatoms. The third kappa shape index (κ3) is 1.79. The highest BCUT2D eigenvalue weighted by atomic mass is 32.2. The van der Waals surface area contributed by atoms with Crippen LogP contribution in [-0.2, 0) is 10.1 Å². The Balaban J connectivity index is 2.62. The standard InChI is InChI=1S/C10H13NO4S/c11-7-4-5-9(16(13,14)15)6-2-1-3-8(12)10(6)7/h1-3,7,9,12H,4-5,11H2,(H,13,14,15). The maximum Gasteiger partial charge on any atom is 0.272 e. The Hall–Kier alpha value is -1.11. The van der Waals surface area contributed by atoms with Gasteiger partial charge in [0.25, 0.3) is 10.1 Å². The topological polar surface area (TPSA) is 101 Å². The van der Waals surface area contributed by atoms with Crippen LogP contribution in [0.15, 0.2) is 18.2 Å². The van der Waals surface area contributed by atoms with Gasteiger partial charge in [0.1, 0.15) is 11.0 Å². The van der Waals surface area contributed by atoms with Gasteiger partial charge in [-0.15, -0.1) is 0 Å². The maximum absolute atomic E-state index is 11.2. The van der Waals surface area contributed by atoms with E-state index in [1.807, 2.05) is 0 Å². The van der Waals surface area contributed by atoms with Gasteiger partial charge in [0, 0.05) is 11.6 Å². The minimum Gasteiger partial charge on any atom is -0.508 e. The number of fused-ring (bicyclic) bond motifs is 1. The van der Waals surface area contributed by atoms with Crippen molar-refractivity contribution in [1.29, 1.82) is 0 Å². The van der Waals surface area contributed by atoms with Crippen molar-refractivity contribution in [2.24, 2.45) is 5.73 Å². The molecule has 2 rings (SSSR count). The molecule has 1 aliphatic rings. The third-order valence-corrected chi connectivity index (χ3v) is 4.14. The van der Waals surface area contributed by atoms with E-state index < -0.39 is 15.4 Å². The van der Waals surface area contributed by atoms with Crippen molar-refractivity contribution in [1.82, 2.24) is 0 Å². The number of rotatable bonds is 1. The fourth-order valence-corrected chi connectivity index (χ4v) is 3.16. The van der Waals surface area contributed by atoms with Crippen LogP contribution in [0.5, 0.6) is 5.75 Å². The molecule has 0 bridgehead atoms. The van der Waals surface area contributed by atoms with E-state index in [9.17, 15) is 13.5 Å². The van der Waals surface area contributed by atoms with Gasteiger partial charge in [-0.3, -0.25) is 4.55 Å². The molecule has 1 aromatic rings. The van der Waals surface area contributed by atoms with Crippen LogP contribution in [-0.4, -0.2) is 18.1 Å². The van der Waals surface area contributed by atoms with Crippen LogP contribution in [0.4, 0.5) is 0 Å². The Labute approximate surface area is 93.6 Å². The summed E-state index contributed by atoms with van der Waals surface area (Å²) in [6.45, 7) is 0. The van der Waals surface area contributed by atoms with E-state index in [1.54, 1.807) is 12.1 Å². The van der Waals surface area contributed by atoms with Gasteiger partial charge in [0.2, 0.25) is 0 Å². The number of hydrogen-bond donors (Lipinski definition) is 3. The Morgan fingerprint density at radius 3 is 2.62 bits per heavy atom. The van der Waals surface area contributed by atoms with Crippen molar-refractivity contribution in [3.8, 4) is 5.75 Å². The van der Waals surface area contributed by atoms with Crippen LogP contribution in [0.1, 0.15) is 35.3 Å². The normalized spacial score (nSPS) is 25.1. The Bertz CT molecular complexity index is 512. The van der Waals surface area contributed by atoms with Gasteiger partial charge in [0.05, 0.1) is 0 Å². The Morgan fingerprint density at radius 1 is 1.31 bits per heavy atom. The van der Waals surface area contributed by atoms with E-state index in [-0.39, 0.29) is 18.2 Å². The molecule has 0 heterocycles. The average molecular weight is 243 g/mol. The summed E-state index contributed by atoms with van der Waals surface area (Å²) in [7, 11) is -4.15. The number of hydrogen-bond acceptors (Lipinski definition) is 4. The number of nitrogens with two attached hydrogens (primary N) is 1. The van der Waals surface area contributed by atoms with Gasteiger partial charge in [-0.2, -0.15) is 8.42 Å². The van der Waals surface area contributed by atoms with E-state index in [0.717, 1.165) is 0 Å². The summed E-state index contributed by atoms with van der Waals surface area (Å²) in [6.07, 6.45) is 0.700. The van der Waals surface area contributed by atoms with E-state index in [2.05, 4.69) is 0 Å². The monoisotopic (exact) mass is 243 g/mol. The molecule has 88 valence electrons. The number of aromatic hydroxyl groups is 1. The van der Waals surface area contributed by atoms with Gasteiger partial charge in [-0.05, 0) is 24.5 Å². The summed E-state index contributed by atoms with van der Waals surface area (Å²) in [6, 6.07) is 4.20. The molecule has 1 aliphatic carbocycles. The summed E-state index contributed by atoms with van der Waals surface area (Å²) in [4.78, 5) is 0.